The second kappa shape index (κ2) is 2.99. The zero-order valence-corrected chi connectivity index (χ0v) is 7.05. The molecule has 1 aromatic heterocycles. The number of H-pyrrole nitrogens is 1. The molecule has 0 spiro atoms. The van der Waals surface area contributed by atoms with Crippen LogP contribution in [0, 0.1) is 0 Å². The lowest BCUT2D eigenvalue weighted by Crippen LogP contribution is -1.70. The molecule has 2 nitrogen and oxygen atoms in total. The molecular formula is C9H7ClN2. The van der Waals surface area contributed by atoms with Gasteiger partial charge in [-0.3, -0.25) is 0 Å². The summed E-state index contributed by atoms with van der Waals surface area (Å²) in [6.45, 7) is 0. The third kappa shape index (κ3) is 1.21. The van der Waals surface area contributed by atoms with Crippen LogP contribution >= 0.6 is 11.6 Å². The van der Waals surface area contributed by atoms with Crippen molar-refractivity contribution in [2.24, 2.45) is 0 Å². The third-order valence-corrected chi connectivity index (χ3v) is 1.75. The van der Waals surface area contributed by atoms with Crippen LogP contribution in [-0.4, -0.2) is 9.97 Å². The van der Waals surface area contributed by atoms with E-state index in [9.17, 15) is 0 Å². The third-order valence-electron chi connectivity index (χ3n) is 1.63. The van der Waals surface area contributed by atoms with E-state index >= 15 is 0 Å². The van der Waals surface area contributed by atoms with Gasteiger partial charge in [0, 0.05) is 5.54 Å². The van der Waals surface area contributed by atoms with Crippen LogP contribution in [0.5, 0.6) is 0 Å². The Balaban J connectivity index is 2.62. The van der Waals surface area contributed by atoms with Gasteiger partial charge in [0.1, 0.15) is 5.82 Å². The van der Waals surface area contributed by atoms with Crippen molar-refractivity contribution in [1.29, 1.82) is 0 Å². The number of imidazole rings is 1. The fourth-order valence-corrected chi connectivity index (χ4v) is 1.23. The van der Waals surface area contributed by atoms with E-state index in [1.807, 2.05) is 24.3 Å². The maximum Gasteiger partial charge on any atom is 0.132 e. The van der Waals surface area contributed by atoms with Gasteiger partial charge in [-0.1, -0.05) is 23.7 Å². The molecule has 0 amide bonds. The summed E-state index contributed by atoms with van der Waals surface area (Å²) in [7, 11) is 0. The molecule has 1 aromatic carbocycles. The molecule has 0 saturated carbocycles. The van der Waals surface area contributed by atoms with Gasteiger partial charge in [-0.05, 0) is 18.2 Å². The quantitative estimate of drug-likeness (QED) is 0.715. The number of hydrogen-bond donors (Lipinski definition) is 1. The number of nitrogens with one attached hydrogen (secondary N) is 1. The topological polar surface area (TPSA) is 28.7 Å². The molecule has 0 saturated heterocycles. The largest absolute Gasteiger partial charge is 0.338 e. The first kappa shape index (κ1) is 7.37. The van der Waals surface area contributed by atoms with Gasteiger partial charge in [0.15, 0.2) is 0 Å². The minimum Gasteiger partial charge on any atom is -0.338 e. The number of rotatable bonds is 1. The summed E-state index contributed by atoms with van der Waals surface area (Å²) in [5.41, 5.74) is 3.43. The van der Waals surface area contributed by atoms with Gasteiger partial charge in [-0.25, -0.2) is 4.98 Å². The molecule has 1 N–H and O–H groups in total. The number of fused-ring (bicyclic) bond motifs is 1. The van der Waals surface area contributed by atoms with Gasteiger partial charge in [-0.2, -0.15) is 0 Å². The molecule has 0 atom stereocenters. The van der Waals surface area contributed by atoms with Crippen molar-refractivity contribution in [3.63, 3.8) is 0 Å². The monoisotopic (exact) mass is 178 g/mol. The fraction of sp³-hybridized carbons (Fsp3) is 0. The number of nitrogens with zero attached hydrogens (tertiary/aromatic N) is 1. The van der Waals surface area contributed by atoms with Crippen LogP contribution in [0.25, 0.3) is 17.1 Å². The van der Waals surface area contributed by atoms with Gasteiger partial charge >= 0.3 is 0 Å². The molecule has 0 aliphatic rings. The normalized spacial score (nSPS) is 11.4. The van der Waals surface area contributed by atoms with Crippen LogP contribution in [0.1, 0.15) is 5.82 Å². The molecule has 0 unspecified atom stereocenters. The average Bonchev–Trinajstić information content (AvgIpc) is 2.47. The highest BCUT2D eigenvalue weighted by Gasteiger charge is 1.96. The summed E-state index contributed by atoms with van der Waals surface area (Å²) in [5, 5.41) is 0. The van der Waals surface area contributed by atoms with Crippen LogP contribution in [0.3, 0.4) is 0 Å². The van der Waals surface area contributed by atoms with Gasteiger partial charge in [-0.15, -0.1) is 0 Å². The fourth-order valence-electron chi connectivity index (χ4n) is 1.11. The first-order chi connectivity index (χ1) is 5.90. The van der Waals surface area contributed by atoms with Crippen LogP contribution in [-0.2, 0) is 0 Å². The Kier molecular flexibility index (Phi) is 1.84. The summed E-state index contributed by atoms with van der Waals surface area (Å²) in [4.78, 5) is 7.39. The predicted octanol–water partition coefficient (Wildman–Crippen LogP) is 2.77. The minimum atomic E-state index is 0.784. The molecule has 0 fully saturated rings. The van der Waals surface area contributed by atoms with Crippen molar-refractivity contribution >= 4 is 28.7 Å². The van der Waals surface area contributed by atoms with Gasteiger partial charge in [0.05, 0.1) is 11.0 Å². The molecular weight excluding hydrogens is 172 g/mol. The minimum absolute atomic E-state index is 0.784. The van der Waals surface area contributed by atoms with E-state index in [4.69, 9.17) is 11.6 Å². The molecule has 1 heterocycles. The summed E-state index contributed by atoms with van der Waals surface area (Å²) >= 11 is 5.42. The molecule has 2 rings (SSSR count). The summed E-state index contributed by atoms with van der Waals surface area (Å²) in [5.74, 6) is 0.784. The number of para-hydroxylation sites is 2. The van der Waals surface area contributed by atoms with Crippen LogP contribution in [0.15, 0.2) is 29.8 Å². The Morgan fingerprint density at radius 1 is 1.33 bits per heavy atom. The van der Waals surface area contributed by atoms with Gasteiger partial charge in [0.25, 0.3) is 0 Å². The molecule has 0 bridgehead atoms. The van der Waals surface area contributed by atoms with E-state index in [1.165, 1.54) is 5.54 Å². The second-order valence-corrected chi connectivity index (χ2v) is 2.68. The molecule has 0 aliphatic heterocycles. The Bertz CT molecular complexity index is 384. The van der Waals surface area contributed by atoms with Crippen molar-refractivity contribution in [3.8, 4) is 0 Å². The molecule has 60 valence electrons. The highest BCUT2D eigenvalue weighted by atomic mass is 35.5. The second-order valence-electron chi connectivity index (χ2n) is 2.43. The average molecular weight is 179 g/mol. The van der Waals surface area contributed by atoms with E-state index in [-0.39, 0.29) is 0 Å². The smallest absolute Gasteiger partial charge is 0.132 e. The first-order valence-corrected chi connectivity index (χ1v) is 4.05. The molecule has 3 heteroatoms. The Hall–Kier alpha value is -1.28. The van der Waals surface area contributed by atoms with E-state index < -0.39 is 0 Å². The molecule has 0 radical (unpaired) electrons. The van der Waals surface area contributed by atoms with E-state index in [0.29, 0.717) is 0 Å². The number of halogens is 1. The zero-order valence-electron chi connectivity index (χ0n) is 6.29. The van der Waals surface area contributed by atoms with Gasteiger partial charge < -0.3 is 4.98 Å². The predicted molar refractivity (Wildman–Crippen MR) is 51.0 cm³/mol. The van der Waals surface area contributed by atoms with Crippen molar-refractivity contribution in [2.45, 2.75) is 0 Å². The van der Waals surface area contributed by atoms with E-state index in [0.717, 1.165) is 16.9 Å². The summed E-state index contributed by atoms with van der Waals surface area (Å²) in [6, 6.07) is 7.86. The highest BCUT2D eigenvalue weighted by molar-refractivity contribution is 6.27. The zero-order chi connectivity index (χ0) is 8.39. The number of aromatic nitrogens is 2. The van der Waals surface area contributed by atoms with Crippen molar-refractivity contribution < 1.29 is 0 Å². The van der Waals surface area contributed by atoms with Gasteiger partial charge in [0.2, 0.25) is 0 Å². The lowest BCUT2D eigenvalue weighted by atomic mass is 10.3. The van der Waals surface area contributed by atoms with E-state index in [2.05, 4.69) is 9.97 Å². The van der Waals surface area contributed by atoms with Crippen LogP contribution < -0.4 is 0 Å². The summed E-state index contributed by atoms with van der Waals surface area (Å²) in [6.07, 6.45) is 1.72. The maximum absolute atomic E-state index is 5.42. The number of hydrogen-bond acceptors (Lipinski definition) is 1. The Labute approximate surface area is 74.9 Å². The van der Waals surface area contributed by atoms with Crippen molar-refractivity contribution in [1.82, 2.24) is 9.97 Å². The summed E-state index contributed by atoms with van der Waals surface area (Å²) < 4.78 is 0. The first-order valence-electron chi connectivity index (χ1n) is 3.61. The highest BCUT2D eigenvalue weighted by Crippen LogP contribution is 2.10. The number of aromatic amines is 1. The Morgan fingerprint density at radius 3 is 2.92 bits per heavy atom. The molecule has 0 aliphatic carbocycles. The van der Waals surface area contributed by atoms with Crippen molar-refractivity contribution in [3.05, 3.63) is 35.6 Å². The number of benzene rings is 1. The van der Waals surface area contributed by atoms with Crippen LogP contribution in [0.2, 0.25) is 0 Å². The van der Waals surface area contributed by atoms with Crippen molar-refractivity contribution in [2.75, 3.05) is 0 Å². The standard InChI is InChI=1S/C9H7ClN2/c10-6-5-9-11-7-3-1-2-4-8(7)12-9/h1-6H,(H,11,12). The van der Waals surface area contributed by atoms with Crippen LogP contribution in [0.4, 0.5) is 0 Å². The Morgan fingerprint density at radius 2 is 2.17 bits per heavy atom. The van der Waals surface area contributed by atoms with E-state index in [1.54, 1.807) is 6.08 Å². The maximum atomic E-state index is 5.42. The SMILES string of the molecule is ClC=Cc1nc2ccccc2[nH]1. The lowest BCUT2D eigenvalue weighted by Gasteiger charge is -1.81. The molecule has 12 heavy (non-hydrogen) atoms. The lowest BCUT2D eigenvalue weighted by molar-refractivity contribution is 1.29. The molecule has 2 aromatic rings.